The van der Waals surface area contributed by atoms with E-state index in [4.69, 9.17) is 23.2 Å². The molecule has 0 saturated carbocycles. The van der Waals surface area contributed by atoms with Gasteiger partial charge in [0.05, 0.1) is 10.7 Å². The molecular formula is C13H18Cl2N2O. The second-order valence-electron chi connectivity index (χ2n) is 3.87. The largest absolute Gasteiger partial charge is 0.383 e. The number of hydrogen-bond acceptors (Lipinski definition) is 2. The molecule has 18 heavy (non-hydrogen) atoms. The van der Waals surface area contributed by atoms with E-state index in [2.05, 4.69) is 5.32 Å². The summed E-state index contributed by atoms with van der Waals surface area (Å²) in [5, 5.41) is 4.35. The molecule has 0 aliphatic heterocycles. The SMILES string of the molecule is CCN(CC)C(=O)CCNc1cc(Cl)ccc1Cl. The molecule has 0 bridgehead atoms. The van der Waals surface area contributed by atoms with Crippen molar-refractivity contribution in [1.82, 2.24) is 4.90 Å². The molecule has 1 aromatic carbocycles. The average molecular weight is 289 g/mol. The zero-order valence-electron chi connectivity index (χ0n) is 10.7. The number of nitrogens with one attached hydrogen (secondary N) is 1. The number of rotatable bonds is 6. The van der Waals surface area contributed by atoms with E-state index in [0.717, 1.165) is 18.8 Å². The van der Waals surface area contributed by atoms with Crippen molar-refractivity contribution in [1.29, 1.82) is 0 Å². The van der Waals surface area contributed by atoms with Crippen molar-refractivity contribution in [3.63, 3.8) is 0 Å². The van der Waals surface area contributed by atoms with E-state index in [-0.39, 0.29) is 5.91 Å². The molecule has 1 aromatic rings. The van der Waals surface area contributed by atoms with Crippen LogP contribution in [-0.2, 0) is 4.79 Å². The molecule has 5 heteroatoms. The van der Waals surface area contributed by atoms with Gasteiger partial charge in [0.25, 0.3) is 0 Å². The zero-order chi connectivity index (χ0) is 13.5. The van der Waals surface area contributed by atoms with Gasteiger partial charge in [0.15, 0.2) is 0 Å². The van der Waals surface area contributed by atoms with Crippen LogP contribution >= 0.6 is 23.2 Å². The Kier molecular flexibility index (Phi) is 6.30. The summed E-state index contributed by atoms with van der Waals surface area (Å²) >= 11 is 11.9. The third-order valence-corrected chi connectivity index (χ3v) is 3.26. The van der Waals surface area contributed by atoms with E-state index in [1.807, 2.05) is 13.8 Å². The van der Waals surface area contributed by atoms with Crippen LogP contribution in [0.25, 0.3) is 0 Å². The summed E-state index contributed by atoms with van der Waals surface area (Å²) in [6.45, 7) is 5.99. The molecule has 0 radical (unpaired) electrons. The number of benzene rings is 1. The van der Waals surface area contributed by atoms with Gasteiger partial charge in [-0.15, -0.1) is 0 Å². The van der Waals surface area contributed by atoms with Gasteiger partial charge in [-0.1, -0.05) is 23.2 Å². The maximum absolute atomic E-state index is 11.8. The third kappa shape index (κ3) is 4.39. The fourth-order valence-electron chi connectivity index (χ4n) is 1.67. The Hall–Kier alpha value is -0.930. The fraction of sp³-hybridized carbons (Fsp3) is 0.462. The number of carbonyl (C=O) groups is 1. The van der Waals surface area contributed by atoms with E-state index < -0.39 is 0 Å². The number of anilines is 1. The lowest BCUT2D eigenvalue weighted by molar-refractivity contribution is -0.130. The van der Waals surface area contributed by atoms with Crippen LogP contribution in [0.1, 0.15) is 20.3 Å². The van der Waals surface area contributed by atoms with Crippen molar-refractivity contribution < 1.29 is 4.79 Å². The van der Waals surface area contributed by atoms with Gasteiger partial charge in [-0.2, -0.15) is 0 Å². The van der Waals surface area contributed by atoms with Gasteiger partial charge in [-0.3, -0.25) is 4.79 Å². The summed E-state index contributed by atoms with van der Waals surface area (Å²) in [6.07, 6.45) is 0.449. The summed E-state index contributed by atoms with van der Waals surface area (Å²) < 4.78 is 0. The highest BCUT2D eigenvalue weighted by molar-refractivity contribution is 6.35. The average Bonchev–Trinajstić information content (AvgIpc) is 2.35. The second-order valence-corrected chi connectivity index (χ2v) is 4.71. The lowest BCUT2D eigenvalue weighted by atomic mass is 10.3. The summed E-state index contributed by atoms with van der Waals surface area (Å²) in [7, 11) is 0. The maximum Gasteiger partial charge on any atom is 0.224 e. The Balaban J connectivity index is 2.46. The zero-order valence-corrected chi connectivity index (χ0v) is 12.2. The topological polar surface area (TPSA) is 32.3 Å². The number of nitrogens with zero attached hydrogens (tertiary/aromatic N) is 1. The fourth-order valence-corrected chi connectivity index (χ4v) is 2.03. The van der Waals surface area contributed by atoms with Gasteiger partial charge in [-0.05, 0) is 32.0 Å². The first-order valence-corrected chi connectivity index (χ1v) is 6.80. The van der Waals surface area contributed by atoms with Crippen LogP contribution in [0.2, 0.25) is 10.0 Å². The van der Waals surface area contributed by atoms with Gasteiger partial charge in [0.2, 0.25) is 5.91 Å². The van der Waals surface area contributed by atoms with Crippen molar-refractivity contribution >= 4 is 34.8 Å². The summed E-state index contributed by atoms with van der Waals surface area (Å²) in [4.78, 5) is 13.6. The van der Waals surface area contributed by atoms with Crippen LogP contribution in [0.4, 0.5) is 5.69 Å². The quantitative estimate of drug-likeness (QED) is 0.866. The molecule has 0 unspecified atom stereocenters. The van der Waals surface area contributed by atoms with E-state index in [1.165, 1.54) is 0 Å². The number of amides is 1. The first kappa shape index (κ1) is 15.1. The highest BCUT2D eigenvalue weighted by Crippen LogP contribution is 2.25. The molecular weight excluding hydrogens is 271 g/mol. The van der Waals surface area contributed by atoms with Gasteiger partial charge in [0.1, 0.15) is 0 Å². The van der Waals surface area contributed by atoms with Crippen LogP contribution in [-0.4, -0.2) is 30.4 Å². The number of halogens is 2. The van der Waals surface area contributed by atoms with E-state index in [9.17, 15) is 4.79 Å². The van der Waals surface area contributed by atoms with Gasteiger partial charge >= 0.3 is 0 Å². The molecule has 0 fully saturated rings. The molecule has 1 amide bonds. The minimum atomic E-state index is 0.144. The van der Waals surface area contributed by atoms with Crippen molar-refractivity contribution in [2.45, 2.75) is 20.3 Å². The van der Waals surface area contributed by atoms with E-state index in [1.54, 1.807) is 23.1 Å². The highest BCUT2D eigenvalue weighted by atomic mass is 35.5. The summed E-state index contributed by atoms with van der Waals surface area (Å²) in [6, 6.07) is 5.22. The van der Waals surface area contributed by atoms with Crippen LogP contribution in [0.15, 0.2) is 18.2 Å². The Morgan fingerprint density at radius 2 is 1.94 bits per heavy atom. The van der Waals surface area contributed by atoms with E-state index >= 15 is 0 Å². The van der Waals surface area contributed by atoms with Crippen LogP contribution < -0.4 is 5.32 Å². The van der Waals surface area contributed by atoms with Crippen molar-refractivity contribution in [3.05, 3.63) is 28.2 Å². The maximum atomic E-state index is 11.8. The minimum absolute atomic E-state index is 0.144. The number of hydrogen-bond donors (Lipinski definition) is 1. The smallest absolute Gasteiger partial charge is 0.224 e. The number of carbonyl (C=O) groups excluding carboxylic acids is 1. The van der Waals surface area contributed by atoms with Crippen molar-refractivity contribution in [3.8, 4) is 0 Å². The van der Waals surface area contributed by atoms with Crippen molar-refractivity contribution in [2.24, 2.45) is 0 Å². The third-order valence-electron chi connectivity index (χ3n) is 2.70. The molecule has 3 nitrogen and oxygen atoms in total. The summed E-state index contributed by atoms with van der Waals surface area (Å²) in [5.41, 5.74) is 0.761. The molecule has 1 rings (SSSR count). The molecule has 0 heterocycles. The molecule has 0 saturated heterocycles. The first-order chi connectivity index (χ1) is 8.58. The normalized spacial score (nSPS) is 10.2. The van der Waals surface area contributed by atoms with Crippen LogP contribution in [0, 0.1) is 0 Å². The van der Waals surface area contributed by atoms with Crippen molar-refractivity contribution in [2.75, 3.05) is 25.0 Å². The van der Waals surface area contributed by atoms with Gasteiger partial charge in [0, 0.05) is 31.1 Å². The molecule has 100 valence electrons. The second kappa shape index (κ2) is 7.49. The van der Waals surface area contributed by atoms with Gasteiger partial charge in [-0.25, -0.2) is 0 Å². The molecule has 0 aliphatic rings. The van der Waals surface area contributed by atoms with Crippen LogP contribution in [0.5, 0.6) is 0 Å². The summed E-state index contributed by atoms with van der Waals surface area (Å²) in [5.74, 6) is 0.144. The molecule has 0 aromatic heterocycles. The minimum Gasteiger partial charge on any atom is -0.383 e. The Bertz CT molecular complexity index is 406. The standard InChI is InChI=1S/C13H18Cl2N2O/c1-3-17(4-2)13(18)7-8-16-12-9-10(14)5-6-11(12)15/h5-6,9,16H,3-4,7-8H2,1-2H3. The molecule has 0 aliphatic carbocycles. The molecule has 0 atom stereocenters. The van der Waals surface area contributed by atoms with Gasteiger partial charge < -0.3 is 10.2 Å². The lowest BCUT2D eigenvalue weighted by Crippen LogP contribution is -2.31. The predicted octanol–water partition coefficient (Wildman–Crippen LogP) is 3.66. The lowest BCUT2D eigenvalue weighted by Gasteiger charge is -2.18. The molecule has 0 spiro atoms. The molecule has 1 N–H and O–H groups in total. The van der Waals surface area contributed by atoms with Crippen LogP contribution in [0.3, 0.4) is 0 Å². The first-order valence-electron chi connectivity index (χ1n) is 6.05. The Morgan fingerprint density at radius 1 is 1.28 bits per heavy atom. The Morgan fingerprint density at radius 3 is 2.56 bits per heavy atom. The van der Waals surface area contributed by atoms with E-state index in [0.29, 0.717) is 23.0 Å². The monoisotopic (exact) mass is 288 g/mol. The Labute approximate surface area is 118 Å². The highest BCUT2D eigenvalue weighted by Gasteiger charge is 2.09. The predicted molar refractivity (Wildman–Crippen MR) is 77.5 cm³/mol.